The summed E-state index contributed by atoms with van der Waals surface area (Å²) in [4.78, 5) is 0. The highest BCUT2D eigenvalue weighted by atomic mass is 79.9. The molecule has 0 spiro atoms. The van der Waals surface area contributed by atoms with Crippen LogP contribution in [0.15, 0.2) is 34.9 Å². The second-order valence-electron chi connectivity index (χ2n) is 5.02. The second-order valence-corrected chi connectivity index (χ2v) is 6.34. The van der Waals surface area contributed by atoms with E-state index in [1.54, 1.807) is 0 Å². The number of nitrogens with two attached hydrogens (primary N) is 1. The third kappa shape index (κ3) is 3.62. The Hall–Kier alpha value is -0.840. The third-order valence-corrected chi connectivity index (χ3v) is 4.32. The zero-order valence-corrected chi connectivity index (χ0v) is 14.0. The summed E-state index contributed by atoms with van der Waals surface area (Å²) < 4.78 is 2.95. The molecule has 0 bridgehead atoms. The predicted molar refractivity (Wildman–Crippen MR) is 87.0 cm³/mol. The van der Waals surface area contributed by atoms with Crippen LogP contribution in [0.4, 0.5) is 0 Å². The number of halogens is 2. The van der Waals surface area contributed by atoms with Gasteiger partial charge in [0.2, 0.25) is 0 Å². The number of hydrogen-bond donors (Lipinski definition) is 1. The molecule has 0 amide bonds. The first-order valence-electron chi connectivity index (χ1n) is 6.75. The summed E-state index contributed by atoms with van der Waals surface area (Å²) >= 11 is 9.63. The van der Waals surface area contributed by atoms with E-state index in [2.05, 4.69) is 34.9 Å². The van der Waals surface area contributed by atoms with Gasteiger partial charge in [0.15, 0.2) is 0 Å². The molecule has 0 radical (unpaired) electrons. The highest BCUT2D eigenvalue weighted by Gasteiger charge is 2.13. The van der Waals surface area contributed by atoms with Crippen LogP contribution in [0.1, 0.15) is 43.6 Å². The lowest BCUT2D eigenvalue weighted by Crippen LogP contribution is -2.15. The predicted octanol–water partition coefficient (Wildman–Crippen LogP) is 4.51. The Labute approximate surface area is 133 Å². The minimum atomic E-state index is -0.143. The van der Waals surface area contributed by atoms with Crippen LogP contribution in [0, 0.1) is 0 Å². The molecule has 2 aromatic rings. The van der Waals surface area contributed by atoms with Crippen LogP contribution in [0.5, 0.6) is 0 Å². The molecule has 0 saturated carbocycles. The van der Waals surface area contributed by atoms with Gasteiger partial charge in [0.05, 0.1) is 5.69 Å². The lowest BCUT2D eigenvalue weighted by atomic mass is 10.0. The van der Waals surface area contributed by atoms with E-state index < -0.39 is 0 Å². The molecule has 0 aliphatic heterocycles. The van der Waals surface area contributed by atoms with Crippen molar-refractivity contribution in [2.24, 2.45) is 5.73 Å². The monoisotopic (exact) mass is 355 g/mol. The van der Waals surface area contributed by atoms with Crippen LogP contribution in [0.3, 0.4) is 0 Å². The minimum Gasteiger partial charge on any atom is -0.324 e. The Morgan fingerprint density at radius 2 is 2.15 bits per heavy atom. The van der Waals surface area contributed by atoms with Crippen LogP contribution < -0.4 is 5.73 Å². The van der Waals surface area contributed by atoms with Gasteiger partial charge in [-0.2, -0.15) is 5.10 Å². The number of aromatic nitrogens is 2. The Kier molecular flexibility index (Phi) is 5.24. The molecule has 0 fully saturated rings. The normalized spacial score (nSPS) is 14.2. The lowest BCUT2D eigenvalue weighted by Gasteiger charge is -2.13. The molecule has 3 nitrogen and oxygen atoms in total. The largest absolute Gasteiger partial charge is 0.324 e. The Morgan fingerprint density at radius 1 is 1.40 bits per heavy atom. The lowest BCUT2D eigenvalue weighted by molar-refractivity contribution is 0.472. The number of rotatable bonds is 5. The van der Waals surface area contributed by atoms with Gasteiger partial charge in [-0.1, -0.05) is 40.5 Å². The average Bonchev–Trinajstić information content (AvgIpc) is 2.86. The van der Waals surface area contributed by atoms with Gasteiger partial charge in [0.25, 0.3) is 0 Å². The quantitative estimate of drug-likeness (QED) is 0.856. The van der Waals surface area contributed by atoms with E-state index in [0.717, 1.165) is 22.2 Å². The number of hydrogen-bond acceptors (Lipinski definition) is 2. The standard InChI is InChI=1S/C15H19BrClN3/c1-3-10(2)20-7-6-12(19-20)9-15(18)13-5-4-11(16)8-14(13)17/h4-8,10,15H,3,9,18H2,1-2H3. The maximum atomic E-state index is 6.25. The molecule has 2 N–H and O–H groups in total. The van der Waals surface area contributed by atoms with Crippen molar-refractivity contribution in [3.05, 3.63) is 51.2 Å². The van der Waals surface area contributed by atoms with Gasteiger partial charge in [0.1, 0.15) is 0 Å². The van der Waals surface area contributed by atoms with E-state index in [1.807, 2.05) is 35.1 Å². The van der Waals surface area contributed by atoms with Crippen molar-refractivity contribution >= 4 is 27.5 Å². The van der Waals surface area contributed by atoms with E-state index in [4.69, 9.17) is 17.3 Å². The Morgan fingerprint density at radius 3 is 2.80 bits per heavy atom. The van der Waals surface area contributed by atoms with Gasteiger partial charge in [-0.05, 0) is 37.1 Å². The first-order valence-corrected chi connectivity index (χ1v) is 7.93. The first-order chi connectivity index (χ1) is 9.51. The van der Waals surface area contributed by atoms with Crippen LogP contribution in [-0.2, 0) is 6.42 Å². The van der Waals surface area contributed by atoms with Gasteiger partial charge in [-0.3, -0.25) is 4.68 Å². The molecule has 1 aromatic heterocycles. The molecule has 108 valence electrons. The van der Waals surface area contributed by atoms with Crippen molar-refractivity contribution in [2.45, 2.75) is 38.8 Å². The highest BCUT2D eigenvalue weighted by molar-refractivity contribution is 9.10. The van der Waals surface area contributed by atoms with Crippen LogP contribution in [0.2, 0.25) is 5.02 Å². The zero-order chi connectivity index (χ0) is 14.7. The topological polar surface area (TPSA) is 43.8 Å². The maximum absolute atomic E-state index is 6.25. The SMILES string of the molecule is CCC(C)n1ccc(CC(N)c2ccc(Br)cc2Cl)n1. The number of nitrogens with zero attached hydrogens (tertiary/aromatic N) is 2. The molecule has 20 heavy (non-hydrogen) atoms. The summed E-state index contributed by atoms with van der Waals surface area (Å²) in [5, 5.41) is 5.27. The highest BCUT2D eigenvalue weighted by Crippen LogP contribution is 2.27. The molecule has 1 heterocycles. The summed E-state index contributed by atoms with van der Waals surface area (Å²) in [7, 11) is 0. The van der Waals surface area contributed by atoms with E-state index >= 15 is 0 Å². The molecule has 1 aromatic carbocycles. The summed E-state index contributed by atoms with van der Waals surface area (Å²) in [5.41, 5.74) is 8.20. The van der Waals surface area contributed by atoms with Crippen molar-refractivity contribution < 1.29 is 0 Å². The Bertz CT molecular complexity index is 582. The molecule has 0 aliphatic carbocycles. The van der Waals surface area contributed by atoms with Crippen LogP contribution in [0.25, 0.3) is 0 Å². The molecule has 5 heteroatoms. The van der Waals surface area contributed by atoms with Crippen molar-refractivity contribution in [1.82, 2.24) is 9.78 Å². The zero-order valence-electron chi connectivity index (χ0n) is 11.7. The maximum Gasteiger partial charge on any atom is 0.0643 e. The number of benzene rings is 1. The van der Waals surface area contributed by atoms with Crippen molar-refractivity contribution in [3.63, 3.8) is 0 Å². The fourth-order valence-electron chi connectivity index (χ4n) is 2.06. The van der Waals surface area contributed by atoms with Crippen LogP contribution in [-0.4, -0.2) is 9.78 Å². The van der Waals surface area contributed by atoms with E-state index in [1.165, 1.54) is 0 Å². The van der Waals surface area contributed by atoms with Gasteiger partial charge in [-0.15, -0.1) is 0 Å². The average molecular weight is 357 g/mol. The van der Waals surface area contributed by atoms with Crippen molar-refractivity contribution in [3.8, 4) is 0 Å². The summed E-state index contributed by atoms with van der Waals surface area (Å²) in [6, 6.07) is 8.08. The van der Waals surface area contributed by atoms with Gasteiger partial charge in [0, 0.05) is 34.2 Å². The fraction of sp³-hybridized carbons (Fsp3) is 0.400. The molecule has 2 unspecified atom stereocenters. The van der Waals surface area contributed by atoms with Gasteiger partial charge in [-0.25, -0.2) is 0 Å². The third-order valence-electron chi connectivity index (χ3n) is 3.50. The second kappa shape index (κ2) is 6.74. The molecule has 0 saturated heterocycles. The molecular weight excluding hydrogens is 338 g/mol. The fourth-order valence-corrected chi connectivity index (χ4v) is 2.87. The van der Waals surface area contributed by atoms with E-state index in [0.29, 0.717) is 17.5 Å². The van der Waals surface area contributed by atoms with Crippen molar-refractivity contribution in [2.75, 3.05) is 0 Å². The molecule has 2 rings (SSSR count). The Balaban J connectivity index is 2.11. The van der Waals surface area contributed by atoms with E-state index in [-0.39, 0.29) is 6.04 Å². The summed E-state index contributed by atoms with van der Waals surface area (Å²) in [6.07, 6.45) is 3.76. The van der Waals surface area contributed by atoms with Crippen LogP contribution >= 0.6 is 27.5 Å². The minimum absolute atomic E-state index is 0.143. The molecule has 2 atom stereocenters. The van der Waals surface area contributed by atoms with Crippen molar-refractivity contribution in [1.29, 1.82) is 0 Å². The molecular formula is C15H19BrClN3. The van der Waals surface area contributed by atoms with Gasteiger partial charge < -0.3 is 5.73 Å². The smallest absolute Gasteiger partial charge is 0.0643 e. The molecule has 0 aliphatic rings. The van der Waals surface area contributed by atoms with Gasteiger partial charge >= 0.3 is 0 Å². The first kappa shape index (κ1) is 15.5. The summed E-state index contributed by atoms with van der Waals surface area (Å²) in [6.45, 7) is 4.31. The summed E-state index contributed by atoms with van der Waals surface area (Å²) in [5.74, 6) is 0. The van der Waals surface area contributed by atoms with E-state index in [9.17, 15) is 0 Å².